The second-order valence-corrected chi connectivity index (χ2v) is 7.22. The fraction of sp³-hybridized carbons (Fsp3) is 0.174. The van der Waals surface area contributed by atoms with Gasteiger partial charge < -0.3 is 15.7 Å². The molecule has 4 aromatic rings. The van der Waals surface area contributed by atoms with E-state index in [9.17, 15) is 4.79 Å². The van der Waals surface area contributed by atoms with Gasteiger partial charge in [0.2, 0.25) is 0 Å². The molecule has 0 radical (unpaired) electrons. The van der Waals surface area contributed by atoms with Crippen LogP contribution in [0.3, 0.4) is 0 Å². The Morgan fingerprint density at radius 2 is 2.06 bits per heavy atom. The number of amides is 1. The topological polar surface area (TPSA) is 123 Å². The van der Waals surface area contributed by atoms with Crippen LogP contribution in [-0.2, 0) is 4.79 Å². The van der Waals surface area contributed by atoms with Crippen LogP contribution in [0, 0.1) is 12.3 Å². The minimum absolute atomic E-state index is 0.148. The Hall–Kier alpha value is -4.29. The van der Waals surface area contributed by atoms with Crippen LogP contribution in [0.4, 0.5) is 5.82 Å². The van der Waals surface area contributed by atoms with E-state index in [4.69, 9.17) is 17.3 Å². The molecule has 9 nitrogen and oxygen atoms in total. The van der Waals surface area contributed by atoms with Crippen molar-refractivity contribution in [3.63, 3.8) is 0 Å². The number of aliphatic hydroxyl groups is 1. The van der Waals surface area contributed by atoms with Crippen LogP contribution in [0.15, 0.2) is 55.1 Å². The maximum Gasteiger partial charge on any atom is 0.251 e. The highest BCUT2D eigenvalue weighted by Crippen LogP contribution is 2.28. The van der Waals surface area contributed by atoms with Gasteiger partial charge in [0.25, 0.3) is 5.91 Å². The van der Waals surface area contributed by atoms with E-state index in [0.29, 0.717) is 29.8 Å². The third-order valence-corrected chi connectivity index (χ3v) is 5.07. The molecular formula is C23H21N7O2. The molecule has 1 aliphatic rings. The van der Waals surface area contributed by atoms with Crippen LogP contribution in [0.5, 0.6) is 0 Å². The summed E-state index contributed by atoms with van der Waals surface area (Å²) in [7, 11) is 1.69. The Labute approximate surface area is 184 Å². The fourth-order valence-corrected chi connectivity index (χ4v) is 3.35. The van der Waals surface area contributed by atoms with Gasteiger partial charge in [-0.1, -0.05) is 18.1 Å². The van der Waals surface area contributed by atoms with E-state index < -0.39 is 6.10 Å². The van der Waals surface area contributed by atoms with E-state index in [1.165, 1.54) is 11.2 Å². The van der Waals surface area contributed by atoms with Crippen LogP contribution in [-0.4, -0.2) is 60.3 Å². The SMILES string of the molecule is C#Cc1cccc(-c2cc(-n3cccn3)c3ncnc(N)c3n2)c1.CN1CC[C@H](O)C1=O. The van der Waals surface area contributed by atoms with Gasteiger partial charge in [0, 0.05) is 37.1 Å². The van der Waals surface area contributed by atoms with Crippen molar-refractivity contribution in [2.24, 2.45) is 0 Å². The molecule has 9 heteroatoms. The molecule has 3 aromatic heterocycles. The predicted molar refractivity (Wildman–Crippen MR) is 120 cm³/mol. The summed E-state index contributed by atoms with van der Waals surface area (Å²) in [5.41, 5.74) is 10.4. The van der Waals surface area contributed by atoms with Crippen LogP contribution >= 0.6 is 0 Å². The molecule has 160 valence electrons. The molecular weight excluding hydrogens is 406 g/mol. The number of nitrogens with two attached hydrogens (primary N) is 1. The number of anilines is 1. The second kappa shape index (κ2) is 8.83. The van der Waals surface area contributed by atoms with Crippen molar-refractivity contribution in [2.45, 2.75) is 12.5 Å². The quantitative estimate of drug-likeness (QED) is 0.466. The lowest BCUT2D eigenvalue weighted by atomic mass is 10.1. The number of hydrogen-bond donors (Lipinski definition) is 2. The van der Waals surface area contributed by atoms with Crippen LogP contribution in [0.2, 0.25) is 0 Å². The molecule has 1 amide bonds. The molecule has 0 bridgehead atoms. The average molecular weight is 427 g/mol. The van der Waals surface area contributed by atoms with Gasteiger partial charge in [0.05, 0.1) is 11.4 Å². The normalized spacial score (nSPS) is 15.3. The monoisotopic (exact) mass is 427 g/mol. The largest absolute Gasteiger partial charge is 0.383 e. The molecule has 1 aromatic carbocycles. The summed E-state index contributed by atoms with van der Waals surface area (Å²) < 4.78 is 1.73. The zero-order valence-electron chi connectivity index (χ0n) is 17.4. The number of likely N-dealkylation sites (tertiary alicyclic amines) is 1. The number of nitrogens with zero attached hydrogens (tertiary/aromatic N) is 6. The molecule has 0 aliphatic carbocycles. The maximum absolute atomic E-state index is 10.6. The van der Waals surface area contributed by atoms with Gasteiger partial charge in [0.1, 0.15) is 23.5 Å². The van der Waals surface area contributed by atoms with Gasteiger partial charge in [0.15, 0.2) is 5.82 Å². The summed E-state index contributed by atoms with van der Waals surface area (Å²) in [6.07, 6.45) is 10.3. The molecule has 5 rings (SSSR count). The summed E-state index contributed by atoms with van der Waals surface area (Å²) in [5, 5.41) is 13.1. The van der Waals surface area contributed by atoms with Crippen molar-refractivity contribution in [3.05, 3.63) is 60.7 Å². The molecule has 1 saturated heterocycles. The highest BCUT2D eigenvalue weighted by molar-refractivity contribution is 5.92. The van der Waals surface area contributed by atoms with Crippen molar-refractivity contribution in [3.8, 4) is 29.3 Å². The van der Waals surface area contributed by atoms with Crippen LogP contribution in [0.1, 0.15) is 12.0 Å². The molecule has 1 atom stereocenters. The minimum Gasteiger partial charge on any atom is -0.383 e. The lowest BCUT2D eigenvalue weighted by molar-refractivity contribution is -0.133. The highest BCUT2D eigenvalue weighted by atomic mass is 16.3. The summed E-state index contributed by atoms with van der Waals surface area (Å²) in [6, 6.07) is 11.4. The number of pyridine rings is 1. The average Bonchev–Trinajstić information content (AvgIpc) is 3.46. The molecule has 0 saturated carbocycles. The Balaban J connectivity index is 0.000000260. The van der Waals surface area contributed by atoms with Gasteiger partial charge in [-0.3, -0.25) is 4.79 Å². The lowest BCUT2D eigenvalue weighted by Crippen LogP contribution is -2.24. The third-order valence-electron chi connectivity index (χ3n) is 5.07. The minimum atomic E-state index is -0.722. The summed E-state index contributed by atoms with van der Waals surface area (Å²) in [5.74, 6) is 2.81. The maximum atomic E-state index is 10.6. The Kier molecular flexibility index (Phi) is 5.79. The summed E-state index contributed by atoms with van der Waals surface area (Å²) >= 11 is 0. The molecule has 32 heavy (non-hydrogen) atoms. The zero-order chi connectivity index (χ0) is 22.7. The van der Waals surface area contributed by atoms with Crippen molar-refractivity contribution < 1.29 is 9.90 Å². The fourth-order valence-electron chi connectivity index (χ4n) is 3.35. The Bertz CT molecular complexity index is 1300. The van der Waals surface area contributed by atoms with Gasteiger partial charge in [-0.25, -0.2) is 19.6 Å². The van der Waals surface area contributed by atoms with Crippen LogP contribution < -0.4 is 5.73 Å². The van der Waals surface area contributed by atoms with Crippen molar-refractivity contribution in [1.29, 1.82) is 0 Å². The molecule has 4 heterocycles. The summed E-state index contributed by atoms with van der Waals surface area (Å²) in [4.78, 5) is 25.1. The number of likely N-dealkylation sites (N-methyl/N-ethyl adjacent to an activating group) is 1. The number of nitrogen functional groups attached to an aromatic ring is 1. The number of benzene rings is 1. The first-order valence-electron chi connectivity index (χ1n) is 9.89. The second-order valence-electron chi connectivity index (χ2n) is 7.22. The third kappa shape index (κ3) is 4.12. The molecule has 0 spiro atoms. The van der Waals surface area contributed by atoms with Gasteiger partial charge in [-0.2, -0.15) is 5.10 Å². The smallest absolute Gasteiger partial charge is 0.251 e. The van der Waals surface area contributed by atoms with Gasteiger partial charge >= 0.3 is 0 Å². The van der Waals surface area contributed by atoms with Gasteiger partial charge in [-0.15, -0.1) is 6.42 Å². The standard InChI is InChI=1S/C18H12N6.C5H9NO2/c1-2-12-5-3-6-13(9-12)14-10-15(24-8-4-7-22-24)16-17(23-14)18(19)21-11-20-16;1-6-3-2-4(7)5(6)8/h1,3-11H,(H2,19,20,21);4,7H,2-3H2,1H3/t;4-/m.0/s1. The molecule has 0 unspecified atom stereocenters. The number of aromatic nitrogens is 5. The zero-order valence-corrected chi connectivity index (χ0v) is 17.4. The van der Waals surface area contributed by atoms with E-state index in [1.54, 1.807) is 17.9 Å². The molecule has 3 N–H and O–H groups in total. The molecule has 1 aliphatic heterocycles. The van der Waals surface area contributed by atoms with Crippen molar-refractivity contribution in [1.82, 2.24) is 29.6 Å². The number of rotatable bonds is 2. The number of fused-ring (bicyclic) bond motifs is 1. The Morgan fingerprint density at radius 3 is 2.69 bits per heavy atom. The van der Waals surface area contributed by atoms with E-state index in [0.717, 1.165) is 22.5 Å². The van der Waals surface area contributed by atoms with Crippen molar-refractivity contribution >= 4 is 22.8 Å². The summed E-state index contributed by atoms with van der Waals surface area (Å²) in [6.45, 7) is 0.694. The first kappa shape index (κ1) is 21.0. The predicted octanol–water partition coefficient (Wildman–Crippen LogP) is 1.65. The number of aliphatic hydroxyl groups excluding tert-OH is 1. The van der Waals surface area contributed by atoms with E-state index in [1.807, 2.05) is 42.6 Å². The number of hydrogen-bond acceptors (Lipinski definition) is 7. The lowest BCUT2D eigenvalue weighted by Gasteiger charge is -2.10. The number of carbonyl (C=O) groups is 1. The van der Waals surface area contributed by atoms with Crippen LogP contribution in [0.25, 0.3) is 28.0 Å². The van der Waals surface area contributed by atoms with E-state index >= 15 is 0 Å². The van der Waals surface area contributed by atoms with Crippen molar-refractivity contribution in [2.75, 3.05) is 19.3 Å². The first-order valence-corrected chi connectivity index (χ1v) is 9.89. The number of carbonyl (C=O) groups excluding carboxylic acids is 1. The highest BCUT2D eigenvalue weighted by Gasteiger charge is 2.26. The Morgan fingerprint density at radius 1 is 1.22 bits per heavy atom. The van der Waals surface area contributed by atoms with E-state index in [-0.39, 0.29) is 5.91 Å². The first-order chi connectivity index (χ1) is 15.5. The molecule has 1 fully saturated rings. The van der Waals surface area contributed by atoms with Gasteiger partial charge in [-0.05, 0) is 30.7 Å². The number of terminal acetylenes is 1. The van der Waals surface area contributed by atoms with E-state index in [2.05, 4.69) is 26.0 Å².